The van der Waals surface area contributed by atoms with Gasteiger partial charge in [0.25, 0.3) is 0 Å². The number of anilines is 1. The van der Waals surface area contributed by atoms with Gasteiger partial charge in [-0.3, -0.25) is 5.32 Å². The van der Waals surface area contributed by atoms with Gasteiger partial charge in [-0.25, -0.2) is 9.59 Å². The lowest BCUT2D eigenvalue weighted by atomic mass is 10.1. The van der Waals surface area contributed by atoms with Crippen LogP contribution in [0.5, 0.6) is 0 Å². The van der Waals surface area contributed by atoms with E-state index in [9.17, 15) is 14.7 Å². The van der Waals surface area contributed by atoms with Crippen LogP contribution in [0.1, 0.15) is 40.6 Å². The number of carboxylic acid groups (broad SMARTS) is 1. The highest BCUT2D eigenvalue weighted by molar-refractivity contribution is 7.16. The number of unbranched alkanes of at least 4 members (excludes halogenated alkanes) is 1. The molecule has 19 heavy (non-hydrogen) atoms. The van der Waals surface area contributed by atoms with Gasteiger partial charge in [-0.2, -0.15) is 0 Å². The Balaban J connectivity index is 2.85. The molecule has 0 bridgehead atoms. The number of hydrogen-bond acceptors (Lipinski definition) is 3. The van der Waals surface area contributed by atoms with E-state index in [0.717, 1.165) is 17.7 Å². The van der Waals surface area contributed by atoms with Gasteiger partial charge in [0, 0.05) is 18.5 Å². The summed E-state index contributed by atoms with van der Waals surface area (Å²) in [4.78, 5) is 25.6. The molecule has 0 atom stereocenters. The number of aryl methyl sites for hydroxylation is 1. The molecule has 0 aliphatic rings. The molecule has 0 fully saturated rings. The number of thiophene rings is 1. The molecule has 106 valence electrons. The van der Waals surface area contributed by atoms with E-state index in [0.29, 0.717) is 17.1 Å². The third kappa shape index (κ3) is 3.70. The Morgan fingerprint density at radius 3 is 2.53 bits per heavy atom. The van der Waals surface area contributed by atoms with Crippen molar-refractivity contribution in [1.82, 2.24) is 4.90 Å². The monoisotopic (exact) mass is 284 g/mol. The topological polar surface area (TPSA) is 69.6 Å². The van der Waals surface area contributed by atoms with E-state index in [-0.39, 0.29) is 11.6 Å². The zero-order valence-electron chi connectivity index (χ0n) is 11.7. The van der Waals surface area contributed by atoms with Crippen LogP contribution in [-0.2, 0) is 0 Å². The van der Waals surface area contributed by atoms with Gasteiger partial charge in [0.15, 0.2) is 0 Å². The number of aromatic carboxylic acids is 1. The molecule has 1 heterocycles. The molecule has 2 N–H and O–H groups in total. The molecule has 0 aliphatic heterocycles. The molecule has 1 aromatic heterocycles. The third-order valence-corrected chi connectivity index (χ3v) is 4.14. The maximum absolute atomic E-state index is 11.9. The van der Waals surface area contributed by atoms with Crippen molar-refractivity contribution in [2.75, 3.05) is 18.9 Å². The normalized spacial score (nSPS) is 10.3. The molecule has 0 aromatic carbocycles. The number of rotatable bonds is 5. The van der Waals surface area contributed by atoms with E-state index in [2.05, 4.69) is 12.2 Å². The van der Waals surface area contributed by atoms with E-state index >= 15 is 0 Å². The molecule has 5 nitrogen and oxygen atoms in total. The summed E-state index contributed by atoms with van der Waals surface area (Å²) in [5.74, 6) is -1.01. The fourth-order valence-corrected chi connectivity index (χ4v) is 2.70. The predicted molar refractivity (Wildman–Crippen MR) is 77.3 cm³/mol. The van der Waals surface area contributed by atoms with Crippen LogP contribution in [0.4, 0.5) is 9.80 Å². The van der Waals surface area contributed by atoms with Gasteiger partial charge in [0.1, 0.15) is 5.00 Å². The zero-order chi connectivity index (χ0) is 14.6. The first-order valence-corrected chi connectivity index (χ1v) is 7.05. The van der Waals surface area contributed by atoms with Gasteiger partial charge in [-0.15, -0.1) is 11.3 Å². The van der Waals surface area contributed by atoms with E-state index in [1.807, 2.05) is 6.92 Å². The zero-order valence-corrected chi connectivity index (χ0v) is 12.6. The van der Waals surface area contributed by atoms with Crippen LogP contribution in [0.25, 0.3) is 0 Å². The van der Waals surface area contributed by atoms with E-state index in [1.165, 1.54) is 11.3 Å². The Morgan fingerprint density at radius 1 is 1.37 bits per heavy atom. The van der Waals surface area contributed by atoms with Gasteiger partial charge in [0.05, 0.1) is 5.56 Å². The Morgan fingerprint density at radius 2 is 2.00 bits per heavy atom. The Labute approximate surface area is 117 Å². The van der Waals surface area contributed by atoms with Crippen LogP contribution in [-0.4, -0.2) is 35.6 Å². The lowest BCUT2D eigenvalue weighted by molar-refractivity contribution is 0.0697. The van der Waals surface area contributed by atoms with Gasteiger partial charge >= 0.3 is 12.0 Å². The first-order chi connectivity index (χ1) is 8.88. The number of nitrogens with zero attached hydrogens (tertiary/aromatic N) is 1. The van der Waals surface area contributed by atoms with Crippen LogP contribution in [0.15, 0.2) is 0 Å². The minimum Gasteiger partial charge on any atom is -0.478 e. The molecule has 0 aliphatic carbocycles. The summed E-state index contributed by atoms with van der Waals surface area (Å²) in [5, 5.41) is 12.3. The van der Waals surface area contributed by atoms with Crippen LogP contribution in [0, 0.1) is 13.8 Å². The van der Waals surface area contributed by atoms with Crippen molar-refractivity contribution in [3.63, 3.8) is 0 Å². The van der Waals surface area contributed by atoms with Crippen LogP contribution in [0.2, 0.25) is 0 Å². The Kier molecular flexibility index (Phi) is 5.35. The summed E-state index contributed by atoms with van der Waals surface area (Å²) >= 11 is 1.30. The van der Waals surface area contributed by atoms with E-state index in [1.54, 1.807) is 18.9 Å². The minimum absolute atomic E-state index is 0.194. The Hall–Kier alpha value is -1.56. The number of carbonyl (C=O) groups is 2. The SMILES string of the molecule is CCCCN(C)C(=O)Nc1sc(C)c(C)c1C(=O)O. The number of amides is 2. The molecule has 2 amide bonds. The van der Waals surface area contributed by atoms with E-state index in [4.69, 9.17) is 0 Å². The predicted octanol–water partition coefficient (Wildman–Crippen LogP) is 3.33. The molecule has 1 rings (SSSR count). The molecule has 0 saturated heterocycles. The lowest BCUT2D eigenvalue weighted by Gasteiger charge is -2.17. The third-order valence-electron chi connectivity index (χ3n) is 3.01. The first kappa shape index (κ1) is 15.5. The van der Waals surface area contributed by atoms with Crippen LogP contribution in [0.3, 0.4) is 0 Å². The first-order valence-electron chi connectivity index (χ1n) is 6.23. The van der Waals surface area contributed by atoms with Crippen molar-refractivity contribution >= 4 is 28.3 Å². The van der Waals surface area contributed by atoms with Crippen LogP contribution >= 0.6 is 11.3 Å². The van der Waals surface area contributed by atoms with Crippen LogP contribution < -0.4 is 5.32 Å². The number of nitrogens with one attached hydrogen (secondary N) is 1. The highest BCUT2D eigenvalue weighted by Gasteiger charge is 2.21. The fourth-order valence-electron chi connectivity index (χ4n) is 1.66. The molecule has 1 aromatic rings. The summed E-state index contributed by atoms with van der Waals surface area (Å²) in [5.41, 5.74) is 0.906. The maximum Gasteiger partial charge on any atom is 0.338 e. The number of hydrogen-bond donors (Lipinski definition) is 2. The molecule has 0 saturated carbocycles. The quantitative estimate of drug-likeness (QED) is 0.871. The number of carboxylic acids is 1. The van der Waals surface area contributed by atoms with Crippen molar-refractivity contribution in [3.05, 3.63) is 16.0 Å². The standard InChI is InChI=1S/C13H20N2O3S/c1-5-6-7-15(4)13(18)14-11-10(12(16)17)8(2)9(3)19-11/h5-7H2,1-4H3,(H,14,18)(H,16,17). The molecule has 0 radical (unpaired) electrons. The summed E-state index contributed by atoms with van der Waals surface area (Å²) < 4.78 is 0. The number of urea groups is 1. The molecule has 0 unspecified atom stereocenters. The second kappa shape index (κ2) is 6.56. The smallest absolute Gasteiger partial charge is 0.338 e. The van der Waals surface area contributed by atoms with Crippen molar-refractivity contribution in [2.45, 2.75) is 33.6 Å². The van der Waals surface area contributed by atoms with Gasteiger partial charge in [0.2, 0.25) is 0 Å². The molecular formula is C13H20N2O3S. The highest BCUT2D eigenvalue weighted by Crippen LogP contribution is 2.32. The van der Waals surface area contributed by atoms with E-state index < -0.39 is 5.97 Å². The molecule has 6 heteroatoms. The highest BCUT2D eigenvalue weighted by atomic mass is 32.1. The van der Waals surface area contributed by atoms with Gasteiger partial charge in [-0.1, -0.05) is 13.3 Å². The second-order valence-electron chi connectivity index (χ2n) is 4.50. The average molecular weight is 284 g/mol. The van der Waals surface area contributed by atoms with Crippen molar-refractivity contribution in [2.24, 2.45) is 0 Å². The fraction of sp³-hybridized carbons (Fsp3) is 0.538. The van der Waals surface area contributed by atoms with Gasteiger partial charge in [-0.05, 0) is 25.8 Å². The minimum atomic E-state index is -1.01. The van der Waals surface area contributed by atoms with Crippen molar-refractivity contribution < 1.29 is 14.7 Å². The average Bonchev–Trinajstić information content (AvgIpc) is 2.61. The Bertz CT molecular complexity index is 482. The summed E-state index contributed by atoms with van der Waals surface area (Å²) in [6, 6.07) is -0.266. The lowest BCUT2D eigenvalue weighted by Crippen LogP contribution is -2.32. The molecular weight excluding hydrogens is 264 g/mol. The van der Waals surface area contributed by atoms with Crippen molar-refractivity contribution in [3.8, 4) is 0 Å². The van der Waals surface area contributed by atoms with Gasteiger partial charge < -0.3 is 10.0 Å². The summed E-state index contributed by atoms with van der Waals surface area (Å²) in [6.45, 7) is 6.32. The second-order valence-corrected chi connectivity index (χ2v) is 5.72. The summed E-state index contributed by atoms with van der Waals surface area (Å²) in [6.07, 6.45) is 1.94. The molecule has 0 spiro atoms. The summed E-state index contributed by atoms with van der Waals surface area (Å²) in [7, 11) is 1.71. The largest absolute Gasteiger partial charge is 0.478 e. The maximum atomic E-state index is 11.9. The van der Waals surface area contributed by atoms with Crippen molar-refractivity contribution in [1.29, 1.82) is 0 Å². The number of carbonyl (C=O) groups excluding carboxylic acids is 1.